The van der Waals surface area contributed by atoms with Crippen molar-refractivity contribution in [3.63, 3.8) is 0 Å². The van der Waals surface area contributed by atoms with Crippen molar-refractivity contribution in [2.75, 3.05) is 7.11 Å². The number of hydrogen-bond donors (Lipinski definition) is 1. The molecule has 0 spiro atoms. The Morgan fingerprint density at radius 2 is 2.00 bits per heavy atom. The van der Waals surface area contributed by atoms with Gasteiger partial charge in [-0.05, 0) is 25.0 Å². The predicted octanol–water partition coefficient (Wildman–Crippen LogP) is 2.42. The third kappa shape index (κ3) is 1.79. The molecule has 0 saturated heterocycles. The van der Waals surface area contributed by atoms with Crippen LogP contribution < -0.4 is 10.5 Å². The molecule has 0 aliphatic rings. The number of benzene rings is 1. The highest BCUT2D eigenvalue weighted by molar-refractivity contribution is 6.32. The summed E-state index contributed by atoms with van der Waals surface area (Å²) in [5.41, 5.74) is 8.61. The number of nitrogens with two attached hydrogens (primary N) is 1. The van der Waals surface area contributed by atoms with Gasteiger partial charge in [0.15, 0.2) is 0 Å². The second-order valence-electron chi connectivity index (χ2n) is 3.04. The fourth-order valence-electron chi connectivity index (χ4n) is 1.50. The lowest BCUT2D eigenvalue weighted by molar-refractivity contribution is 0.406. The number of hydrogen-bond acceptors (Lipinski definition) is 2. The molecule has 0 fully saturated rings. The average molecular weight is 200 g/mol. The minimum atomic E-state index is 0.407. The molecule has 0 amide bonds. The number of rotatable bonds is 2. The first-order chi connectivity index (χ1) is 6.11. The summed E-state index contributed by atoms with van der Waals surface area (Å²) in [5, 5.41) is 0.713. The number of methoxy groups -OCH3 is 1. The van der Waals surface area contributed by atoms with Crippen LogP contribution in [0.1, 0.15) is 16.7 Å². The highest BCUT2D eigenvalue weighted by Crippen LogP contribution is 2.32. The second-order valence-corrected chi connectivity index (χ2v) is 3.42. The largest absolute Gasteiger partial charge is 0.496 e. The van der Waals surface area contributed by atoms with Gasteiger partial charge < -0.3 is 10.5 Å². The Kier molecular flexibility index (Phi) is 3.17. The molecular formula is C10H14ClNO. The Balaban J connectivity index is 3.41. The zero-order chi connectivity index (χ0) is 10.0. The molecule has 0 radical (unpaired) electrons. The van der Waals surface area contributed by atoms with Gasteiger partial charge in [0.2, 0.25) is 0 Å². The predicted molar refractivity (Wildman–Crippen MR) is 55.4 cm³/mol. The van der Waals surface area contributed by atoms with Gasteiger partial charge in [0.05, 0.1) is 12.1 Å². The molecule has 1 rings (SSSR count). The van der Waals surface area contributed by atoms with Crippen molar-refractivity contribution >= 4 is 11.6 Å². The summed E-state index contributed by atoms with van der Waals surface area (Å²) in [5.74, 6) is 0.804. The van der Waals surface area contributed by atoms with Crippen molar-refractivity contribution in [1.29, 1.82) is 0 Å². The molecule has 3 heteroatoms. The van der Waals surface area contributed by atoms with E-state index in [0.29, 0.717) is 11.6 Å². The topological polar surface area (TPSA) is 35.2 Å². The highest BCUT2D eigenvalue weighted by Gasteiger charge is 2.11. The smallest absolute Gasteiger partial charge is 0.127 e. The second kappa shape index (κ2) is 3.99. The maximum atomic E-state index is 6.09. The molecule has 1 aromatic carbocycles. The van der Waals surface area contributed by atoms with Crippen LogP contribution >= 0.6 is 11.6 Å². The molecule has 1 aromatic rings. The molecule has 0 aliphatic carbocycles. The molecule has 72 valence electrons. The lowest BCUT2D eigenvalue weighted by atomic mass is 10.1. The molecule has 0 saturated carbocycles. The standard InChI is InChI=1S/C10H14ClNO/c1-6-4-7(2)10(13-3)8(5-12)9(6)11/h4H,5,12H2,1-3H3. The zero-order valence-corrected chi connectivity index (χ0v) is 8.90. The van der Waals surface area contributed by atoms with Gasteiger partial charge in [0.1, 0.15) is 5.75 Å². The Bertz CT molecular complexity index is 323. The Hall–Kier alpha value is -0.730. The molecule has 13 heavy (non-hydrogen) atoms. The van der Waals surface area contributed by atoms with E-state index in [2.05, 4.69) is 0 Å². The summed E-state index contributed by atoms with van der Waals surface area (Å²) in [4.78, 5) is 0. The lowest BCUT2D eigenvalue weighted by Gasteiger charge is -2.13. The molecule has 0 aromatic heterocycles. The maximum absolute atomic E-state index is 6.09. The van der Waals surface area contributed by atoms with Crippen molar-refractivity contribution in [2.24, 2.45) is 5.73 Å². The lowest BCUT2D eigenvalue weighted by Crippen LogP contribution is -2.03. The van der Waals surface area contributed by atoms with Crippen LogP contribution in [0.5, 0.6) is 5.75 Å². The van der Waals surface area contributed by atoms with E-state index in [9.17, 15) is 0 Å². The van der Waals surface area contributed by atoms with E-state index in [4.69, 9.17) is 22.1 Å². The van der Waals surface area contributed by atoms with Gasteiger partial charge in [-0.3, -0.25) is 0 Å². The van der Waals surface area contributed by atoms with Gasteiger partial charge in [0, 0.05) is 12.1 Å². The molecule has 0 bridgehead atoms. The monoisotopic (exact) mass is 199 g/mol. The van der Waals surface area contributed by atoms with Crippen molar-refractivity contribution in [2.45, 2.75) is 20.4 Å². The summed E-state index contributed by atoms with van der Waals surface area (Å²) in [7, 11) is 1.63. The van der Waals surface area contributed by atoms with Crippen LogP contribution in [0, 0.1) is 13.8 Å². The van der Waals surface area contributed by atoms with Crippen LogP contribution in [-0.2, 0) is 6.54 Å². The van der Waals surface area contributed by atoms with Crippen molar-refractivity contribution in [1.82, 2.24) is 0 Å². The summed E-state index contributed by atoms with van der Waals surface area (Å²) in [6.45, 7) is 4.36. The molecule has 2 nitrogen and oxygen atoms in total. The molecule has 0 unspecified atom stereocenters. The van der Waals surface area contributed by atoms with Gasteiger partial charge in [0.25, 0.3) is 0 Å². The van der Waals surface area contributed by atoms with Crippen molar-refractivity contribution < 1.29 is 4.74 Å². The van der Waals surface area contributed by atoms with E-state index in [-0.39, 0.29) is 0 Å². The first-order valence-corrected chi connectivity index (χ1v) is 4.52. The summed E-state index contributed by atoms with van der Waals surface area (Å²) in [6.07, 6.45) is 0. The van der Waals surface area contributed by atoms with E-state index in [1.807, 2.05) is 19.9 Å². The van der Waals surface area contributed by atoms with Crippen LogP contribution in [0.3, 0.4) is 0 Å². The molecule has 0 atom stereocenters. The Labute approximate surface area is 83.6 Å². The molecular weight excluding hydrogens is 186 g/mol. The average Bonchev–Trinajstić information content (AvgIpc) is 2.10. The summed E-state index contributed by atoms with van der Waals surface area (Å²) < 4.78 is 5.24. The van der Waals surface area contributed by atoms with Crippen LogP contribution in [0.2, 0.25) is 5.02 Å². The quantitative estimate of drug-likeness (QED) is 0.794. The van der Waals surface area contributed by atoms with E-state index in [1.54, 1.807) is 7.11 Å². The summed E-state index contributed by atoms with van der Waals surface area (Å²) in [6, 6.07) is 2.00. The SMILES string of the molecule is COc1c(C)cc(C)c(Cl)c1CN. The Morgan fingerprint density at radius 1 is 1.38 bits per heavy atom. The van der Waals surface area contributed by atoms with Crippen molar-refractivity contribution in [3.8, 4) is 5.75 Å². The van der Waals surface area contributed by atoms with Crippen LogP contribution in [0.4, 0.5) is 0 Å². The zero-order valence-electron chi connectivity index (χ0n) is 8.15. The Morgan fingerprint density at radius 3 is 2.46 bits per heavy atom. The number of halogens is 1. The number of ether oxygens (including phenoxy) is 1. The van der Waals surface area contributed by atoms with Gasteiger partial charge in [-0.1, -0.05) is 17.7 Å². The molecule has 0 aliphatic heterocycles. The molecule has 0 heterocycles. The minimum Gasteiger partial charge on any atom is -0.496 e. The van der Waals surface area contributed by atoms with E-state index in [0.717, 1.165) is 22.4 Å². The minimum absolute atomic E-state index is 0.407. The molecule has 2 N–H and O–H groups in total. The van der Waals surface area contributed by atoms with Crippen LogP contribution in [0.25, 0.3) is 0 Å². The van der Waals surface area contributed by atoms with Crippen molar-refractivity contribution in [3.05, 3.63) is 27.8 Å². The van der Waals surface area contributed by atoms with Gasteiger partial charge in [-0.15, -0.1) is 0 Å². The van der Waals surface area contributed by atoms with E-state index in [1.165, 1.54) is 0 Å². The van der Waals surface area contributed by atoms with Gasteiger partial charge in [-0.25, -0.2) is 0 Å². The first-order valence-electron chi connectivity index (χ1n) is 4.14. The first kappa shape index (κ1) is 10.4. The van der Waals surface area contributed by atoms with Gasteiger partial charge >= 0.3 is 0 Å². The highest BCUT2D eigenvalue weighted by atomic mass is 35.5. The van der Waals surface area contributed by atoms with Gasteiger partial charge in [-0.2, -0.15) is 0 Å². The summed E-state index contributed by atoms with van der Waals surface area (Å²) >= 11 is 6.09. The fraction of sp³-hybridized carbons (Fsp3) is 0.400. The van der Waals surface area contributed by atoms with E-state index < -0.39 is 0 Å². The normalized spacial score (nSPS) is 10.2. The van der Waals surface area contributed by atoms with Crippen LogP contribution in [0.15, 0.2) is 6.07 Å². The van der Waals surface area contributed by atoms with Crippen LogP contribution in [-0.4, -0.2) is 7.11 Å². The number of aryl methyl sites for hydroxylation is 2. The third-order valence-corrected chi connectivity index (χ3v) is 2.61. The van der Waals surface area contributed by atoms with E-state index >= 15 is 0 Å². The third-order valence-electron chi connectivity index (χ3n) is 2.08. The maximum Gasteiger partial charge on any atom is 0.127 e. The fourth-order valence-corrected chi connectivity index (χ4v) is 1.71.